The van der Waals surface area contributed by atoms with Crippen LogP contribution in [0.5, 0.6) is 0 Å². The summed E-state index contributed by atoms with van der Waals surface area (Å²) >= 11 is 0. The smallest absolute Gasteiger partial charge is 0.306 e. The van der Waals surface area contributed by atoms with Crippen LogP contribution in [0.15, 0.2) is 0 Å². The molecule has 0 aliphatic heterocycles. The molecule has 9 heteroatoms. The van der Waals surface area contributed by atoms with Gasteiger partial charge in [0.25, 0.3) is 0 Å². The van der Waals surface area contributed by atoms with Crippen LogP contribution < -0.4 is 0 Å². The first-order valence-electron chi connectivity index (χ1n) is 8.11. The van der Waals surface area contributed by atoms with Gasteiger partial charge in [-0.3, -0.25) is 9.59 Å². The molecule has 0 fully saturated rings. The molecule has 0 radical (unpaired) electrons. The first-order valence-corrected chi connectivity index (χ1v) is 8.11. The zero-order chi connectivity index (χ0) is 19.7. The lowest BCUT2D eigenvalue weighted by Gasteiger charge is -2.09. The van der Waals surface area contributed by atoms with Crippen LogP contribution in [0.4, 0.5) is 22.0 Å². The first kappa shape index (κ1) is 21.9. The van der Waals surface area contributed by atoms with Gasteiger partial charge >= 0.3 is 11.9 Å². The molecule has 0 saturated carbocycles. The maximum absolute atomic E-state index is 13.4. The van der Waals surface area contributed by atoms with Gasteiger partial charge in [-0.2, -0.15) is 0 Å². The van der Waals surface area contributed by atoms with Crippen molar-refractivity contribution in [2.45, 2.75) is 52.1 Å². The molecule has 1 aromatic carbocycles. The number of hydrogen-bond donors (Lipinski definition) is 0. The van der Waals surface area contributed by atoms with Crippen molar-refractivity contribution in [2.24, 2.45) is 0 Å². The summed E-state index contributed by atoms with van der Waals surface area (Å²) in [5, 5.41) is 0. The molecule has 0 bridgehead atoms. The van der Waals surface area contributed by atoms with Crippen LogP contribution in [0.2, 0.25) is 0 Å². The van der Waals surface area contributed by atoms with Crippen molar-refractivity contribution in [2.75, 3.05) is 6.61 Å². The van der Waals surface area contributed by atoms with E-state index in [0.717, 1.165) is 19.3 Å². The van der Waals surface area contributed by atoms with E-state index in [0.29, 0.717) is 0 Å². The zero-order valence-corrected chi connectivity index (χ0v) is 14.2. The average Bonchev–Trinajstić information content (AvgIpc) is 2.62. The number of unbranched alkanes of at least 4 members (excludes halogenated alkanes) is 2. The third kappa shape index (κ3) is 6.27. The SMILES string of the molecule is CCCCCOC(=O)CCCC(=O)OCc1c(F)c(F)c(F)c(F)c1F. The van der Waals surface area contributed by atoms with Crippen LogP contribution in [-0.4, -0.2) is 18.5 Å². The van der Waals surface area contributed by atoms with Crippen molar-refractivity contribution in [3.63, 3.8) is 0 Å². The van der Waals surface area contributed by atoms with Gasteiger partial charge < -0.3 is 9.47 Å². The van der Waals surface area contributed by atoms with Crippen LogP contribution in [0, 0.1) is 29.1 Å². The Kier molecular flexibility index (Phi) is 9.01. The Morgan fingerprint density at radius 3 is 1.77 bits per heavy atom. The summed E-state index contributed by atoms with van der Waals surface area (Å²) in [6.45, 7) is 1.18. The minimum atomic E-state index is -2.28. The molecule has 26 heavy (non-hydrogen) atoms. The average molecular weight is 382 g/mol. The molecule has 0 atom stereocenters. The topological polar surface area (TPSA) is 52.6 Å². The second-order valence-corrected chi connectivity index (χ2v) is 5.49. The van der Waals surface area contributed by atoms with Gasteiger partial charge in [0.2, 0.25) is 5.82 Å². The summed E-state index contributed by atoms with van der Waals surface area (Å²) in [6.07, 6.45) is 2.40. The molecule has 0 aromatic heterocycles. The molecule has 0 unspecified atom stereocenters. The maximum Gasteiger partial charge on any atom is 0.306 e. The van der Waals surface area contributed by atoms with Crippen LogP contribution in [0.25, 0.3) is 0 Å². The summed E-state index contributed by atoms with van der Waals surface area (Å²) in [6, 6.07) is 0. The second kappa shape index (κ2) is 10.7. The van der Waals surface area contributed by atoms with E-state index in [9.17, 15) is 31.5 Å². The van der Waals surface area contributed by atoms with Gasteiger partial charge in [-0.1, -0.05) is 19.8 Å². The lowest BCUT2D eigenvalue weighted by atomic mass is 10.2. The largest absolute Gasteiger partial charge is 0.466 e. The molecule has 0 spiro atoms. The third-order valence-corrected chi connectivity index (χ3v) is 3.45. The van der Waals surface area contributed by atoms with E-state index in [1.807, 2.05) is 6.92 Å². The highest BCUT2D eigenvalue weighted by molar-refractivity contribution is 5.72. The normalized spacial score (nSPS) is 10.7. The van der Waals surface area contributed by atoms with Gasteiger partial charge in [0, 0.05) is 12.8 Å². The van der Waals surface area contributed by atoms with Gasteiger partial charge in [-0.15, -0.1) is 0 Å². The van der Waals surface area contributed by atoms with Gasteiger partial charge in [-0.05, 0) is 12.8 Å². The standard InChI is InChI=1S/C17H19F5O4/c1-2-3-4-8-25-11(23)6-5-7-12(24)26-9-10-13(18)15(20)17(22)16(21)14(10)19/h2-9H2,1H3. The molecule has 1 aromatic rings. The van der Waals surface area contributed by atoms with Crippen molar-refractivity contribution in [1.29, 1.82) is 0 Å². The Labute approximate surface area is 147 Å². The van der Waals surface area contributed by atoms with E-state index < -0.39 is 53.2 Å². The van der Waals surface area contributed by atoms with Crippen molar-refractivity contribution in [1.82, 2.24) is 0 Å². The highest BCUT2D eigenvalue weighted by Gasteiger charge is 2.26. The van der Waals surface area contributed by atoms with Crippen molar-refractivity contribution in [3.8, 4) is 0 Å². The zero-order valence-electron chi connectivity index (χ0n) is 14.2. The van der Waals surface area contributed by atoms with Crippen molar-refractivity contribution >= 4 is 11.9 Å². The third-order valence-electron chi connectivity index (χ3n) is 3.45. The molecule has 146 valence electrons. The highest BCUT2D eigenvalue weighted by atomic mass is 19.2. The summed E-state index contributed by atoms with van der Waals surface area (Å²) in [4.78, 5) is 22.8. The fourth-order valence-corrected chi connectivity index (χ4v) is 1.99. The minimum absolute atomic E-state index is 0.0518. The van der Waals surface area contributed by atoms with Crippen LogP contribution in [0.1, 0.15) is 51.0 Å². The summed E-state index contributed by atoms with van der Waals surface area (Å²) in [5.41, 5.74) is -1.23. The van der Waals surface area contributed by atoms with Crippen LogP contribution in [-0.2, 0) is 25.7 Å². The Morgan fingerprint density at radius 2 is 1.23 bits per heavy atom. The molecule has 4 nitrogen and oxygen atoms in total. The number of halogens is 5. The Morgan fingerprint density at radius 1 is 0.731 bits per heavy atom. The number of esters is 2. The van der Waals surface area contributed by atoms with Crippen LogP contribution in [0.3, 0.4) is 0 Å². The monoisotopic (exact) mass is 382 g/mol. The first-order chi connectivity index (χ1) is 12.3. The lowest BCUT2D eigenvalue weighted by Crippen LogP contribution is -2.12. The molecule has 1 rings (SSSR count). The molecule has 0 aliphatic rings. The Balaban J connectivity index is 2.41. The van der Waals surface area contributed by atoms with E-state index in [4.69, 9.17) is 4.74 Å². The molecular weight excluding hydrogens is 363 g/mol. The van der Waals surface area contributed by atoms with Crippen molar-refractivity contribution < 1.29 is 41.0 Å². The summed E-state index contributed by atoms with van der Waals surface area (Å²) in [7, 11) is 0. The Hall–Kier alpha value is -2.19. The molecule has 0 amide bonds. The van der Waals surface area contributed by atoms with E-state index in [1.165, 1.54) is 0 Å². The molecule has 0 N–H and O–H groups in total. The predicted molar refractivity (Wildman–Crippen MR) is 80.4 cm³/mol. The number of benzene rings is 1. The number of hydrogen-bond acceptors (Lipinski definition) is 4. The van der Waals surface area contributed by atoms with Gasteiger partial charge in [0.05, 0.1) is 12.2 Å². The van der Waals surface area contributed by atoms with Crippen LogP contribution >= 0.6 is 0 Å². The molecule has 0 saturated heterocycles. The minimum Gasteiger partial charge on any atom is -0.466 e. The predicted octanol–water partition coefficient (Wildman–Crippen LogP) is 4.33. The van der Waals surface area contributed by atoms with Gasteiger partial charge in [-0.25, -0.2) is 22.0 Å². The van der Waals surface area contributed by atoms with E-state index >= 15 is 0 Å². The maximum atomic E-state index is 13.4. The molecule has 0 heterocycles. The fraction of sp³-hybridized carbons (Fsp3) is 0.529. The van der Waals surface area contributed by atoms with Gasteiger partial charge in [0.1, 0.15) is 6.61 Å². The number of carbonyl (C=O) groups excluding carboxylic acids is 2. The van der Waals surface area contributed by atoms with Crippen molar-refractivity contribution in [3.05, 3.63) is 34.6 Å². The van der Waals surface area contributed by atoms with E-state index in [1.54, 1.807) is 0 Å². The summed E-state index contributed by atoms with van der Waals surface area (Å²) < 4.78 is 75.2. The second-order valence-electron chi connectivity index (χ2n) is 5.49. The molecular formula is C17H19F5O4. The Bertz CT molecular complexity index is 620. The molecule has 0 aliphatic carbocycles. The summed E-state index contributed by atoms with van der Waals surface area (Å²) in [5.74, 6) is -12.0. The number of carbonyl (C=O) groups is 2. The number of rotatable bonds is 10. The number of ether oxygens (including phenoxy) is 2. The quantitative estimate of drug-likeness (QED) is 0.199. The van der Waals surface area contributed by atoms with E-state index in [-0.39, 0.29) is 25.9 Å². The fourth-order valence-electron chi connectivity index (χ4n) is 1.99. The lowest BCUT2D eigenvalue weighted by molar-refractivity contribution is -0.146. The van der Waals surface area contributed by atoms with Gasteiger partial charge in [0.15, 0.2) is 23.3 Å². The van der Waals surface area contributed by atoms with E-state index in [2.05, 4.69) is 4.74 Å². The highest BCUT2D eigenvalue weighted by Crippen LogP contribution is 2.23.